The molecule has 3 aromatic rings. The maximum Gasteiger partial charge on any atom is 0.407 e. The van der Waals surface area contributed by atoms with Gasteiger partial charge in [0.25, 0.3) is 0 Å². The van der Waals surface area contributed by atoms with Crippen molar-refractivity contribution in [2.75, 3.05) is 26.7 Å². The summed E-state index contributed by atoms with van der Waals surface area (Å²) in [5.41, 5.74) is 2.64. The van der Waals surface area contributed by atoms with E-state index in [2.05, 4.69) is 15.2 Å². The number of aliphatic hydroxyl groups excluding tert-OH is 1. The highest BCUT2D eigenvalue weighted by Crippen LogP contribution is 2.27. The van der Waals surface area contributed by atoms with E-state index >= 15 is 0 Å². The van der Waals surface area contributed by atoms with Crippen molar-refractivity contribution >= 4 is 17.0 Å². The largest absolute Gasteiger partial charge is 0.497 e. The summed E-state index contributed by atoms with van der Waals surface area (Å²) in [6.07, 6.45) is 2.35. The third kappa shape index (κ3) is 5.55. The quantitative estimate of drug-likeness (QED) is 0.589. The van der Waals surface area contributed by atoms with Crippen LogP contribution in [0.1, 0.15) is 30.1 Å². The summed E-state index contributed by atoms with van der Waals surface area (Å²) in [5, 5.41) is 14.8. The molecule has 1 aliphatic heterocycles. The minimum absolute atomic E-state index is 0.0812. The Morgan fingerprint density at radius 2 is 1.97 bits per heavy atom. The summed E-state index contributed by atoms with van der Waals surface area (Å²) in [6.45, 7) is 2.39. The van der Waals surface area contributed by atoms with Crippen LogP contribution in [0.2, 0.25) is 0 Å². The fraction of sp³-hybridized carbons (Fsp3) is 0.360. The number of methoxy groups -OCH3 is 1. The van der Waals surface area contributed by atoms with Crippen LogP contribution in [0, 0.1) is 0 Å². The van der Waals surface area contributed by atoms with Gasteiger partial charge in [-0.2, -0.15) is 0 Å². The molecular weight excluding hydrogens is 406 g/mol. The summed E-state index contributed by atoms with van der Waals surface area (Å²) in [4.78, 5) is 18.7. The lowest BCUT2D eigenvalue weighted by Crippen LogP contribution is -2.45. The van der Waals surface area contributed by atoms with Gasteiger partial charge < -0.3 is 24.8 Å². The number of nitrogens with zero attached hydrogens (tertiary/aromatic N) is 2. The molecule has 7 nitrogen and oxygen atoms in total. The number of rotatable bonds is 7. The zero-order chi connectivity index (χ0) is 22.3. The highest BCUT2D eigenvalue weighted by Gasteiger charge is 2.24. The number of piperidine rings is 1. The Morgan fingerprint density at radius 1 is 1.19 bits per heavy atom. The second-order valence-electron chi connectivity index (χ2n) is 8.08. The average molecular weight is 436 g/mol. The monoisotopic (exact) mass is 435 g/mol. The van der Waals surface area contributed by atoms with Crippen molar-refractivity contribution in [2.45, 2.75) is 31.6 Å². The summed E-state index contributed by atoms with van der Waals surface area (Å²) in [6, 6.07) is 17.3. The first-order valence-corrected chi connectivity index (χ1v) is 10.9. The van der Waals surface area contributed by atoms with Gasteiger partial charge in [-0.15, -0.1) is 0 Å². The Balaban J connectivity index is 1.27. The number of aliphatic hydroxyl groups is 1. The molecule has 1 atom stereocenters. The lowest BCUT2D eigenvalue weighted by atomic mass is 10.0. The molecule has 1 amide bonds. The minimum atomic E-state index is -0.632. The molecule has 0 bridgehead atoms. The molecule has 0 aliphatic carbocycles. The Labute approximate surface area is 188 Å². The lowest BCUT2D eigenvalue weighted by molar-refractivity contribution is 0.0905. The van der Waals surface area contributed by atoms with E-state index in [-0.39, 0.29) is 18.7 Å². The zero-order valence-corrected chi connectivity index (χ0v) is 18.2. The number of hydrogen-bond acceptors (Lipinski definition) is 6. The van der Waals surface area contributed by atoms with Crippen LogP contribution >= 0.6 is 0 Å². The van der Waals surface area contributed by atoms with E-state index in [1.165, 1.54) is 0 Å². The highest BCUT2D eigenvalue weighted by atomic mass is 16.5. The number of β-amino-alcohol motifs (C(OH)–C–C–N with tert-alkyl or cyclic N) is 1. The Kier molecular flexibility index (Phi) is 7.19. The maximum atomic E-state index is 12.1. The average Bonchev–Trinajstić information content (AvgIpc) is 2.84. The molecule has 168 valence electrons. The predicted octanol–water partition coefficient (Wildman–Crippen LogP) is 3.67. The number of fused-ring (bicyclic) bond motifs is 1. The van der Waals surface area contributed by atoms with Crippen molar-refractivity contribution in [3.05, 3.63) is 71.9 Å². The number of aromatic nitrogens is 1. The third-order valence-electron chi connectivity index (χ3n) is 5.89. The van der Waals surface area contributed by atoms with Gasteiger partial charge in [-0.25, -0.2) is 4.79 Å². The molecule has 1 fully saturated rings. The van der Waals surface area contributed by atoms with Crippen molar-refractivity contribution in [2.24, 2.45) is 0 Å². The van der Waals surface area contributed by atoms with Gasteiger partial charge in [0.1, 0.15) is 12.4 Å². The highest BCUT2D eigenvalue weighted by molar-refractivity contribution is 5.83. The summed E-state index contributed by atoms with van der Waals surface area (Å²) >= 11 is 0. The topological polar surface area (TPSA) is 83.9 Å². The molecule has 2 N–H and O–H groups in total. The maximum absolute atomic E-state index is 12.1. The normalized spacial score (nSPS) is 15.9. The van der Waals surface area contributed by atoms with E-state index in [1.54, 1.807) is 13.3 Å². The molecule has 1 saturated heterocycles. The van der Waals surface area contributed by atoms with Crippen molar-refractivity contribution in [3.63, 3.8) is 0 Å². The molecule has 1 aromatic heterocycles. The first kappa shape index (κ1) is 22.0. The number of benzene rings is 2. The van der Waals surface area contributed by atoms with Crippen LogP contribution in [0.3, 0.4) is 0 Å². The van der Waals surface area contributed by atoms with Crippen LogP contribution in [0.15, 0.2) is 60.8 Å². The Morgan fingerprint density at radius 3 is 2.72 bits per heavy atom. The van der Waals surface area contributed by atoms with Crippen molar-refractivity contribution in [1.82, 2.24) is 15.2 Å². The molecule has 0 spiro atoms. The number of nitrogens with one attached hydrogen (secondary N) is 1. The second-order valence-corrected chi connectivity index (χ2v) is 8.08. The molecule has 0 saturated carbocycles. The fourth-order valence-corrected chi connectivity index (χ4v) is 4.10. The third-order valence-corrected chi connectivity index (χ3v) is 5.89. The van der Waals surface area contributed by atoms with E-state index in [0.717, 1.165) is 53.7 Å². The molecular formula is C25H29N3O4. The van der Waals surface area contributed by atoms with Gasteiger partial charge in [0.05, 0.1) is 18.7 Å². The predicted molar refractivity (Wildman–Crippen MR) is 122 cm³/mol. The molecule has 0 radical (unpaired) electrons. The number of carbonyl (C=O) groups excluding carboxylic acids is 1. The van der Waals surface area contributed by atoms with Crippen LogP contribution in [0.4, 0.5) is 4.79 Å². The van der Waals surface area contributed by atoms with E-state index in [4.69, 9.17) is 9.47 Å². The Hall–Kier alpha value is -3.16. The van der Waals surface area contributed by atoms with E-state index in [0.29, 0.717) is 6.54 Å². The van der Waals surface area contributed by atoms with Gasteiger partial charge in [-0.3, -0.25) is 4.98 Å². The zero-order valence-electron chi connectivity index (χ0n) is 18.2. The molecule has 4 rings (SSSR count). The van der Waals surface area contributed by atoms with Crippen LogP contribution in [0.5, 0.6) is 5.75 Å². The molecule has 0 unspecified atom stereocenters. The van der Waals surface area contributed by atoms with Crippen LogP contribution in [0.25, 0.3) is 10.9 Å². The number of hydrogen-bond donors (Lipinski definition) is 2. The number of ether oxygens (including phenoxy) is 2. The minimum Gasteiger partial charge on any atom is -0.497 e. The first-order chi connectivity index (χ1) is 15.6. The van der Waals surface area contributed by atoms with Crippen molar-refractivity contribution in [3.8, 4) is 5.75 Å². The van der Waals surface area contributed by atoms with Crippen molar-refractivity contribution < 1.29 is 19.4 Å². The van der Waals surface area contributed by atoms with E-state index in [9.17, 15) is 9.90 Å². The smallest absolute Gasteiger partial charge is 0.407 e. The summed E-state index contributed by atoms with van der Waals surface area (Å²) in [7, 11) is 1.63. The standard InChI is InChI=1S/C25H29N3O4/c1-31-20-7-8-23-22(15-20)21(9-12-26-23)24(29)16-28-13-10-19(11-14-28)27-25(30)32-17-18-5-3-2-4-6-18/h2-9,12,15,19,24,29H,10-11,13-14,16-17H2,1H3,(H,27,30)/t24-/m0/s1. The van der Waals surface area contributed by atoms with E-state index in [1.807, 2.05) is 54.6 Å². The lowest BCUT2D eigenvalue weighted by Gasteiger charge is -2.33. The SMILES string of the molecule is COc1ccc2nccc([C@@H](O)CN3CCC(NC(=O)OCc4ccccc4)CC3)c2c1. The summed E-state index contributed by atoms with van der Waals surface area (Å²) in [5.74, 6) is 0.741. The molecule has 2 heterocycles. The van der Waals surface area contributed by atoms with Crippen molar-refractivity contribution in [1.29, 1.82) is 0 Å². The van der Waals surface area contributed by atoms with Gasteiger partial charge >= 0.3 is 6.09 Å². The number of alkyl carbamates (subject to hydrolysis) is 1. The van der Waals surface area contributed by atoms with Crippen LogP contribution in [-0.2, 0) is 11.3 Å². The second kappa shape index (κ2) is 10.4. The Bertz CT molecular complexity index is 1040. The first-order valence-electron chi connectivity index (χ1n) is 10.9. The number of amides is 1. The fourth-order valence-electron chi connectivity index (χ4n) is 4.10. The molecule has 2 aromatic carbocycles. The van der Waals surface area contributed by atoms with Gasteiger partial charge in [0, 0.05) is 37.3 Å². The van der Waals surface area contributed by atoms with Crippen LogP contribution in [-0.4, -0.2) is 53.9 Å². The molecule has 1 aliphatic rings. The van der Waals surface area contributed by atoms with Gasteiger partial charge in [-0.05, 0) is 48.2 Å². The van der Waals surface area contributed by atoms with E-state index < -0.39 is 6.10 Å². The van der Waals surface area contributed by atoms with Crippen LogP contribution < -0.4 is 10.1 Å². The van der Waals surface area contributed by atoms with Gasteiger partial charge in [-0.1, -0.05) is 30.3 Å². The number of likely N-dealkylation sites (tertiary alicyclic amines) is 1. The number of pyridine rings is 1. The summed E-state index contributed by atoms with van der Waals surface area (Å²) < 4.78 is 10.6. The van der Waals surface area contributed by atoms with Gasteiger partial charge in [0.2, 0.25) is 0 Å². The number of carbonyl (C=O) groups is 1. The molecule has 32 heavy (non-hydrogen) atoms. The molecule has 7 heteroatoms. The van der Waals surface area contributed by atoms with Gasteiger partial charge in [0.15, 0.2) is 0 Å².